The topological polar surface area (TPSA) is 142 Å². The summed E-state index contributed by atoms with van der Waals surface area (Å²) in [6.07, 6.45) is 2.73. The minimum Gasteiger partial charge on any atom is -0.392 e. The van der Waals surface area contributed by atoms with Gasteiger partial charge in [-0.1, -0.05) is 23.7 Å². The van der Waals surface area contributed by atoms with Crippen LogP contribution in [0.3, 0.4) is 0 Å². The number of amides is 2. The van der Waals surface area contributed by atoms with Crippen molar-refractivity contribution >= 4 is 34.8 Å². The van der Waals surface area contributed by atoms with Crippen molar-refractivity contribution in [2.24, 2.45) is 14.1 Å². The molecule has 12 nitrogen and oxygen atoms in total. The largest absolute Gasteiger partial charge is 0.392 e. The number of nitrogens with one attached hydrogen (secondary N) is 3. The summed E-state index contributed by atoms with van der Waals surface area (Å²) in [7, 11) is 3.70. The van der Waals surface area contributed by atoms with E-state index in [9.17, 15) is 14.7 Å². The van der Waals surface area contributed by atoms with E-state index in [1.54, 1.807) is 19.2 Å². The summed E-state index contributed by atoms with van der Waals surface area (Å²) in [5.74, 6) is -0.0327. The Hall–Kier alpha value is -4.10. The number of rotatable bonds is 7. The van der Waals surface area contributed by atoms with Gasteiger partial charge in [0.15, 0.2) is 11.6 Å². The van der Waals surface area contributed by atoms with Crippen molar-refractivity contribution in [1.82, 2.24) is 34.3 Å². The van der Waals surface area contributed by atoms with Crippen LogP contribution in [0.5, 0.6) is 0 Å². The molecule has 4 aromatic rings. The SMILES string of the molecule is Cc1c(NC(=O)c2nc3c(n2C)CCN(CC(C)O)C3)cccc1-c1nccc(NC(=O)c2nc3c(n2C)CCNC3)c1Cl. The molecule has 0 fully saturated rings. The second-order valence-electron chi connectivity index (χ2n) is 11.4. The van der Waals surface area contributed by atoms with Gasteiger partial charge in [-0.15, -0.1) is 0 Å². The molecule has 1 unspecified atom stereocenters. The molecule has 0 spiro atoms. The van der Waals surface area contributed by atoms with Gasteiger partial charge in [-0.2, -0.15) is 0 Å². The van der Waals surface area contributed by atoms with Crippen LogP contribution in [0.2, 0.25) is 5.02 Å². The zero-order valence-corrected chi connectivity index (χ0v) is 26.0. The van der Waals surface area contributed by atoms with Gasteiger partial charge in [0.1, 0.15) is 0 Å². The Morgan fingerprint density at radius 3 is 2.41 bits per heavy atom. The number of fused-ring (bicyclic) bond motifs is 2. The molecule has 13 heteroatoms. The highest BCUT2D eigenvalue weighted by atomic mass is 35.5. The molecule has 1 aromatic carbocycles. The predicted octanol–water partition coefficient (Wildman–Crippen LogP) is 3.07. The summed E-state index contributed by atoms with van der Waals surface area (Å²) in [6.45, 7) is 7.09. The normalized spacial score (nSPS) is 15.4. The lowest BCUT2D eigenvalue weighted by atomic mass is 10.0. The van der Waals surface area contributed by atoms with Gasteiger partial charge in [-0.05, 0) is 31.5 Å². The Kier molecular flexibility index (Phi) is 8.25. The number of aliphatic hydroxyl groups excluding tert-OH is 1. The van der Waals surface area contributed by atoms with Crippen molar-refractivity contribution in [2.75, 3.05) is 30.3 Å². The summed E-state index contributed by atoms with van der Waals surface area (Å²) in [6, 6.07) is 7.17. The molecule has 2 amide bonds. The van der Waals surface area contributed by atoms with Gasteiger partial charge in [-0.3, -0.25) is 19.5 Å². The number of anilines is 2. The maximum absolute atomic E-state index is 13.4. The van der Waals surface area contributed by atoms with E-state index in [2.05, 4.69) is 35.8 Å². The number of carbonyl (C=O) groups is 2. The average Bonchev–Trinajstić information content (AvgIpc) is 3.51. The lowest BCUT2D eigenvalue weighted by molar-refractivity contribution is 0.100. The van der Waals surface area contributed by atoms with Gasteiger partial charge in [0.25, 0.3) is 11.8 Å². The third kappa shape index (κ3) is 5.61. The number of aliphatic hydroxyl groups is 1. The minimum absolute atomic E-state index is 0.284. The molecule has 0 saturated heterocycles. The Labute approximate surface area is 260 Å². The van der Waals surface area contributed by atoms with Gasteiger partial charge in [0, 0.05) is 88.5 Å². The molecule has 2 aliphatic heterocycles. The first-order valence-electron chi connectivity index (χ1n) is 14.7. The summed E-state index contributed by atoms with van der Waals surface area (Å²) in [5, 5.41) is 19.3. The highest BCUT2D eigenvalue weighted by Gasteiger charge is 2.27. The van der Waals surface area contributed by atoms with Crippen LogP contribution >= 0.6 is 11.6 Å². The number of hydrogen-bond acceptors (Lipinski definition) is 8. The van der Waals surface area contributed by atoms with Crippen molar-refractivity contribution in [3.05, 3.63) is 75.5 Å². The molecule has 0 saturated carbocycles. The van der Waals surface area contributed by atoms with Gasteiger partial charge < -0.3 is 30.2 Å². The third-order valence-electron chi connectivity index (χ3n) is 8.37. The fourth-order valence-electron chi connectivity index (χ4n) is 6.09. The van der Waals surface area contributed by atoms with Gasteiger partial charge in [0.2, 0.25) is 0 Å². The number of hydrogen-bond donors (Lipinski definition) is 4. The van der Waals surface area contributed by atoms with Gasteiger partial charge in [0.05, 0.1) is 33.9 Å². The molecule has 6 rings (SSSR count). The number of halogens is 1. The fraction of sp³-hybridized carbons (Fsp3) is 0.387. The number of pyridine rings is 1. The first-order chi connectivity index (χ1) is 21.1. The molecule has 0 radical (unpaired) electrons. The molecule has 1 atom stereocenters. The Morgan fingerprint density at radius 2 is 1.70 bits per heavy atom. The van der Waals surface area contributed by atoms with Crippen molar-refractivity contribution in [3.8, 4) is 11.3 Å². The zero-order valence-electron chi connectivity index (χ0n) is 25.2. The zero-order chi connectivity index (χ0) is 31.1. The monoisotopic (exact) mass is 617 g/mol. The number of β-amino-alcohol motifs (C(OH)–C–C–N with tert-alkyl or cyclic N) is 1. The molecule has 0 bridgehead atoms. The molecule has 0 aliphatic carbocycles. The molecule has 3 aromatic heterocycles. The first-order valence-corrected chi connectivity index (χ1v) is 15.1. The van der Waals surface area contributed by atoms with E-state index in [-0.39, 0.29) is 16.8 Å². The molecular weight excluding hydrogens is 582 g/mol. The van der Waals surface area contributed by atoms with Crippen LogP contribution in [0.1, 0.15) is 56.5 Å². The van der Waals surface area contributed by atoms with Crippen molar-refractivity contribution in [1.29, 1.82) is 0 Å². The summed E-state index contributed by atoms with van der Waals surface area (Å²) in [5.41, 5.74) is 6.79. The van der Waals surface area contributed by atoms with Crippen LogP contribution in [0.15, 0.2) is 30.5 Å². The lowest BCUT2D eigenvalue weighted by Crippen LogP contribution is -2.36. The summed E-state index contributed by atoms with van der Waals surface area (Å²) in [4.78, 5) is 42.5. The van der Waals surface area contributed by atoms with E-state index in [0.29, 0.717) is 48.4 Å². The minimum atomic E-state index is -0.429. The molecule has 230 valence electrons. The van der Waals surface area contributed by atoms with Crippen molar-refractivity contribution in [3.63, 3.8) is 0 Å². The Bertz CT molecular complexity index is 1760. The Balaban J connectivity index is 1.22. The van der Waals surface area contributed by atoms with Gasteiger partial charge >= 0.3 is 0 Å². The quantitative estimate of drug-likeness (QED) is 0.248. The van der Waals surface area contributed by atoms with Crippen LogP contribution in [0.4, 0.5) is 11.4 Å². The van der Waals surface area contributed by atoms with E-state index in [4.69, 9.17) is 11.6 Å². The molecular formula is C31H36ClN9O3. The molecule has 5 heterocycles. The number of benzene rings is 1. The van der Waals surface area contributed by atoms with E-state index < -0.39 is 6.10 Å². The van der Waals surface area contributed by atoms with E-state index in [1.165, 1.54) is 0 Å². The van der Waals surface area contributed by atoms with Crippen molar-refractivity contribution in [2.45, 2.75) is 45.9 Å². The van der Waals surface area contributed by atoms with Crippen molar-refractivity contribution < 1.29 is 14.7 Å². The predicted molar refractivity (Wildman–Crippen MR) is 168 cm³/mol. The van der Waals surface area contributed by atoms with E-state index >= 15 is 0 Å². The summed E-state index contributed by atoms with van der Waals surface area (Å²) < 4.78 is 3.68. The number of carbonyl (C=O) groups excluding carboxylic acids is 2. The maximum Gasteiger partial charge on any atom is 0.291 e. The Morgan fingerprint density at radius 1 is 1.02 bits per heavy atom. The fourth-order valence-corrected chi connectivity index (χ4v) is 6.35. The molecule has 2 aliphatic rings. The van der Waals surface area contributed by atoms with E-state index in [1.807, 2.05) is 48.4 Å². The highest BCUT2D eigenvalue weighted by Crippen LogP contribution is 2.36. The first kappa shape index (κ1) is 29.9. The second kappa shape index (κ2) is 12.1. The lowest BCUT2D eigenvalue weighted by Gasteiger charge is -2.27. The number of imidazole rings is 2. The number of aromatic nitrogens is 5. The van der Waals surface area contributed by atoms with Gasteiger partial charge in [-0.25, -0.2) is 9.97 Å². The molecule has 44 heavy (non-hydrogen) atoms. The average molecular weight is 618 g/mol. The summed E-state index contributed by atoms with van der Waals surface area (Å²) >= 11 is 6.83. The maximum atomic E-state index is 13.4. The van der Waals surface area contributed by atoms with Crippen LogP contribution in [-0.2, 0) is 40.0 Å². The second-order valence-corrected chi connectivity index (χ2v) is 11.8. The third-order valence-corrected chi connectivity index (χ3v) is 8.75. The molecule has 4 N–H and O–H groups in total. The highest BCUT2D eigenvalue weighted by molar-refractivity contribution is 6.36. The van der Waals surface area contributed by atoms with Crippen LogP contribution < -0.4 is 16.0 Å². The van der Waals surface area contributed by atoms with Crippen LogP contribution in [-0.4, -0.2) is 71.6 Å². The number of nitrogens with zero attached hydrogens (tertiary/aromatic N) is 6. The standard InChI is InChI=1S/C31H36ClN9O3/c1-17(42)15-41-13-10-25-23(16-41)36-29(40(25)4)30(43)37-20-7-5-6-19(18(20)2)27-26(32)21(8-12-34-27)38-31(44)28-35-22-14-33-11-9-24(22)39(28)3/h5-8,12,17,33,42H,9-11,13-16H2,1-4H3,(H,37,43)(H,34,38,44). The van der Waals surface area contributed by atoms with Crippen LogP contribution in [0.25, 0.3) is 11.3 Å². The smallest absolute Gasteiger partial charge is 0.291 e. The van der Waals surface area contributed by atoms with E-state index in [0.717, 1.165) is 59.8 Å². The van der Waals surface area contributed by atoms with Crippen LogP contribution in [0, 0.1) is 6.92 Å².